The largest absolute Gasteiger partial charge is 0.481 e. The second kappa shape index (κ2) is 3.24. The van der Waals surface area contributed by atoms with E-state index in [0.29, 0.717) is 5.92 Å². The van der Waals surface area contributed by atoms with Crippen molar-refractivity contribution in [3.8, 4) is 0 Å². The van der Waals surface area contributed by atoms with E-state index in [0.717, 1.165) is 12.3 Å². The van der Waals surface area contributed by atoms with Gasteiger partial charge in [-0.25, -0.2) is 0 Å². The Kier molecular flexibility index (Phi) is 2.53. The molecule has 0 bridgehead atoms. The third-order valence-corrected chi connectivity index (χ3v) is 2.57. The number of hydrogen-bond donors (Lipinski definition) is 1. The molecule has 11 heavy (non-hydrogen) atoms. The highest BCUT2D eigenvalue weighted by molar-refractivity contribution is 5.69. The Morgan fingerprint density at radius 2 is 2.09 bits per heavy atom. The van der Waals surface area contributed by atoms with Gasteiger partial charge in [0.15, 0.2) is 0 Å². The van der Waals surface area contributed by atoms with E-state index in [-0.39, 0.29) is 5.92 Å². The lowest BCUT2D eigenvalue weighted by Crippen LogP contribution is -2.13. The molecule has 0 radical (unpaired) electrons. The summed E-state index contributed by atoms with van der Waals surface area (Å²) in [6, 6.07) is 0. The zero-order valence-electron chi connectivity index (χ0n) is 7.21. The second-order valence-electron chi connectivity index (χ2n) is 3.79. The average molecular weight is 156 g/mol. The highest BCUT2D eigenvalue weighted by Crippen LogP contribution is 2.39. The summed E-state index contributed by atoms with van der Waals surface area (Å²) < 4.78 is 0. The van der Waals surface area contributed by atoms with E-state index in [2.05, 4.69) is 6.92 Å². The van der Waals surface area contributed by atoms with Crippen LogP contribution in [0.2, 0.25) is 0 Å². The minimum Gasteiger partial charge on any atom is -0.481 e. The van der Waals surface area contributed by atoms with E-state index in [9.17, 15) is 4.79 Å². The smallest absolute Gasteiger partial charge is 0.306 e. The molecule has 2 nitrogen and oxygen atoms in total. The summed E-state index contributed by atoms with van der Waals surface area (Å²) in [5, 5.41) is 8.63. The summed E-state index contributed by atoms with van der Waals surface area (Å²) in [5.74, 6) is 0.626. The number of carbonyl (C=O) groups is 1. The van der Waals surface area contributed by atoms with Crippen LogP contribution in [0.3, 0.4) is 0 Å². The van der Waals surface area contributed by atoms with E-state index in [4.69, 9.17) is 5.11 Å². The third kappa shape index (κ3) is 2.52. The molecule has 0 heterocycles. The lowest BCUT2D eigenvalue weighted by Gasteiger charge is -2.12. The molecule has 1 aliphatic carbocycles. The fourth-order valence-electron chi connectivity index (χ4n) is 1.52. The SMILES string of the molecule is CC(CC(C)C1CC1)C(=O)O. The summed E-state index contributed by atoms with van der Waals surface area (Å²) in [5.41, 5.74) is 0. The molecule has 0 saturated heterocycles. The second-order valence-corrected chi connectivity index (χ2v) is 3.79. The molecule has 0 aromatic heterocycles. The predicted molar refractivity (Wildman–Crippen MR) is 43.3 cm³/mol. The van der Waals surface area contributed by atoms with Gasteiger partial charge in [0.1, 0.15) is 0 Å². The highest BCUT2D eigenvalue weighted by Gasteiger charge is 2.29. The molecular weight excluding hydrogens is 140 g/mol. The van der Waals surface area contributed by atoms with E-state index in [1.165, 1.54) is 12.8 Å². The molecule has 1 N–H and O–H groups in total. The van der Waals surface area contributed by atoms with Gasteiger partial charge in [-0.05, 0) is 31.1 Å². The first kappa shape index (κ1) is 8.57. The molecule has 1 aliphatic rings. The van der Waals surface area contributed by atoms with E-state index in [1.807, 2.05) is 0 Å². The van der Waals surface area contributed by atoms with Gasteiger partial charge in [0.05, 0.1) is 5.92 Å². The summed E-state index contributed by atoms with van der Waals surface area (Å²) in [6.45, 7) is 3.96. The van der Waals surface area contributed by atoms with Crippen LogP contribution in [0.1, 0.15) is 33.1 Å². The first-order valence-corrected chi connectivity index (χ1v) is 4.34. The molecule has 1 fully saturated rings. The molecule has 2 atom stereocenters. The minimum atomic E-state index is -0.655. The van der Waals surface area contributed by atoms with Gasteiger partial charge in [0.2, 0.25) is 0 Å². The summed E-state index contributed by atoms with van der Waals surface area (Å²) in [6.07, 6.45) is 3.47. The van der Waals surface area contributed by atoms with Crippen LogP contribution in [-0.4, -0.2) is 11.1 Å². The molecule has 1 rings (SSSR count). The van der Waals surface area contributed by atoms with Gasteiger partial charge in [-0.3, -0.25) is 4.79 Å². The lowest BCUT2D eigenvalue weighted by molar-refractivity contribution is -0.141. The van der Waals surface area contributed by atoms with Crippen LogP contribution in [0.5, 0.6) is 0 Å². The first-order chi connectivity index (χ1) is 5.11. The first-order valence-electron chi connectivity index (χ1n) is 4.34. The van der Waals surface area contributed by atoms with Crippen LogP contribution in [0, 0.1) is 17.8 Å². The van der Waals surface area contributed by atoms with Gasteiger partial charge < -0.3 is 5.11 Å². The van der Waals surface area contributed by atoms with Gasteiger partial charge >= 0.3 is 5.97 Å². The zero-order valence-corrected chi connectivity index (χ0v) is 7.21. The van der Waals surface area contributed by atoms with Gasteiger partial charge in [-0.2, -0.15) is 0 Å². The summed E-state index contributed by atoms with van der Waals surface area (Å²) in [4.78, 5) is 10.5. The lowest BCUT2D eigenvalue weighted by atomic mass is 9.94. The van der Waals surface area contributed by atoms with E-state index < -0.39 is 5.97 Å². The Balaban J connectivity index is 2.22. The Morgan fingerprint density at radius 1 is 1.55 bits per heavy atom. The normalized spacial score (nSPS) is 22.7. The van der Waals surface area contributed by atoms with Gasteiger partial charge in [-0.1, -0.05) is 13.8 Å². The van der Waals surface area contributed by atoms with Crippen molar-refractivity contribution in [2.24, 2.45) is 17.8 Å². The molecular formula is C9H16O2. The molecule has 0 aliphatic heterocycles. The molecule has 64 valence electrons. The Labute approximate surface area is 67.6 Å². The van der Waals surface area contributed by atoms with Crippen molar-refractivity contribution in [1.29, 1.82) is 0 Å². The maximum atomic E-state index is 10.5. The molecule has 0 aromatic rings. The average Bonchev–Trinajstić information content (AvgIpc) is 2.67. The molecule has 0 aromatic carbocycles. The van der Waals surface area contributed by atoms with Crippen molar-refractivity contribution >= 4 is 5.97 Å². The van der Waals surface area contributed by atoms with E-state index >= 15 is 0 Å². The van der Waals surface area contributed by atoms with Crippen molar-refractivity contribution in [3.05, 3.63) is 0 Å². The van der Waals surface area contributed by atoms with Crippen LogP contribution >= 0.6 is 0 Å². The fraction of sp³-hybridized carbons (Fsp3) is 0.889. The number of aliphatic carboxylic acids is 1. The van der Waals surface area contributed by atoms with Gasteiger partial charge in [0, 0.05) is 0 Å². The Hall–Kier alpha value is -0.530. The minimum absolute atomic E-state index is 0.161. The van der Waals surface area contributed by atoms with Crippen molar-refractivity contribution in [1.82, 2.24) is 0 Å². The third-order valence-electron chi connectivity index (χ3n) is 2.57. The van der Waals surface area contributed by atoms with Crippen molar-refractivity contribution in [2.75, 3.05) is 0 Å². The van der Waals surface area contributed by atoms with Gasteiger partial charge in [0.25, 0.3) is 0 Å². The van der Waals surface area contributed by atoms with Crippen LogP contribution in [0.4, 0.5) is 0 Å². The maximum absolute atomic E-state index is 10.5. The number of rotatable bonds is 4. The van der Waals surface area contributed by atoms with E-state index in [1.54, 1.807) is 6.92 Å². The number of carboxylic acid groups (broad SMARTS) is 1. The van der Waals surface area contributed by atoms with Crippen molar-refractivity contribution in [3.63, 3.8) is 0 Å². The van der Waals surface area contributed by atoms with Crippen LogP contribution < -0.4 is 0 Å². The van der Waals surface area contributed by atoms with Crippen molar-refractivity contribution < 1.29 is 9.90 Å². The van der Waals surface area contributed by atoms with Crippen LogP contribution in [-0.2, 0) is 4.79 Å². The van der Waals surface area contributed by atoms with Gasteiger partial charge in [-0.15, -0.1) is 0 Å². The predicted octanol–water partition coefficient (Wildman–Crippen LogP) is 2.14. The topological polar surface area (TPSA) is 37.3 Å². The molecule has 2 unspecified atom stereocenters. The molecule has 1 saturated carbocycles. The highest BCUT2D eigenvalue weighted by atomic mass is 16.4. The maximum Gasteiger partial charge on any atom is 0.306 e. The Bertz CT molecular complexity index is 150. The molecule has 2 heteroatoms. The standard InChI is InChI=1S/C9H16O2/c1-6(8-3-4-8)5-7(2)9(10)11/h6-8H,3-5H2,1-2H3,(H,10,11). The monoisotopic (exact) mass is 156 g/mol. The summed E-state index contributed by atoms with van der Waals surface area (Å²) in [7, 11) is 0. The van der Waals surface area contributed by atoms with Crippen LogP contribution in [0.25, 0.3) is 0 Å². The summed E-state index contributed by atoms with van der Waals surface area (Å²) >= 11 is 0. The zero-order chi connectivity index (χ0) is 8.43. The number of carboxylic acids is 1. The molecule has 0 amide bonds. The van der Waals surface area contributed by atoms with Crippen molar-refractivity contribution in [2.45, 2.75) is 33.1 Å². The quantitative estimate of drug-likeness (QED) is 0.677. The Morgan fingerprint density at radius 3 is 2.45 bits per heavy atom. The molecule has 0 spiro atoms. The number of hydrogen-bond acceptors (Lipinski definition) is 1. The van der Waals surface area contributed by atoms with Crippen LogP contribution in [0.15, 0.2) is 0 Å². The fourth-order valence-corrected chi connectivity index (χ4v) is 1.52.